The van der Waals surface area contributed by atoms with Gasteiger partial charge in [-0.2, -0.15) is 4.31 Å². The number of carbonyl (C=O) groups excluding carboxylic acids is 2. The van der Waals surface area contributed by atoms with E-state index in [9.17, 15) is 18.0 Å². The number of halogens is 1. The summed E-state index contributed by atoms with van der Waals surface area (Å²) in [6.45, 7) is -0.429. The Hall–Kier alpha value is -3.01. The van der Waals surface area contributed by atoms with Gasteiger partial charge in [-0.3, -0.25) is 20.4 Å². The summed E-state index contributed by atoms with van der Waals surface area (Å²) in [7, 11) is -2.25. The fourth-order valence-electron chi connectivity index (χ4n) is 2.72. The highest BCUT2D eigenvalue weighted by atomic mass is 35.5. The van der Waals surface area contributed by atoms with Crippen LogP contribution in [0.4, 0.5) is 0 Å². The number of nitrogens with one attached hydrogen (secondary N) is 2. The molecule has 2 amide bonds. The molecule has 0 atom stereocenters. The molecule has 0 aliphatic rings. The van der Waals surface area contributed by atoms with Gasteiger partial charge in [0.1, 0.15) is 0 Å². The van der Waals surface area contributed by atoms with E-state index in [-0.39, 0.29) is 5.56 Å². The number of hydrazine groups is 1. The maximum Gasteiger partial charge on any atom is 0.270 e. The first-order valence-corrected chi connectivity index (χ1v) is 11.0. The third-order valence-electron chi connectivity index (χ3n) is 4.36. The Kier molecular flexibility index (Phi) is 6.35. The van der Waals surface area contributed by atoms with E-state index < -0.39 is 28.4 Å². The molecule has 3 aromatic rings. The van der Waals surface area contributed by atoms with Crippen molar-refractivity contribution in [2.75, 3.05) is 19.8 Å². The smallest absolute Gasteiger partial charge is 0.270 e. The Balaban J connectivity index is 1.88. The number of rotatable bonds is 5. The molecule has 8 nitrogen and oxygen atoms in total. The van der Waals surface area contributed by atoms with Crippen LogP contribution in [0, 0.1) is 0 Å². The van der Waals surface area contributed by atoms with E-state index in [1.54, 1.807) is 48.5 Å². The Morgan fingerprint density at radius 3 is 2.43 bits per heavy atom. The lowest BCUT2D eigenvalue weighted by Crippen LogP contribution is -2.46. The van der Waals surface area contributed by atoms with Crippen LogP contribution in [0.1, 0.15) is 10.4 Å². The summed E-state index contributed by atoms with van der Waals surface area (Å²) in [5, 5.41) is 1.08. The molecule has 2 aromatic carbocycles. The Morgan fingerprint density at radius 2 is 1.73 bits per heavy atom. The van der Waals surface area contributed by atoms with Gasteiger partial charge in [0.25, 0.3) is 11.8 Å². The van der Waals surface area contributed by atoms with Gasteiger partial charge in [-0.15, -0.1) is 0 Å². The number of para-hydroxylation sites is 1. The van der Waals surface area contributed by atoms with Crippen molar-refractivity contribution in [1.29, 1.82) is 0 Å². The molecule has 3 rings (SSSR count). The maximum absolute atomic E-state index is 12.8. The zero-order valence-corrected chi connectivity index (χ0v) is 17.8. The number of pyridine rings is 1. The predicted octanol–water partition coefficient (Wildman–Crippen LogP) is 2.21. The normalized spacial score (nSPS) is 11.5. The van der Waals surface area contributed by atoms with Crippen LogP contribution in [0.25, 0.3) is 22.2 Å². The van der Waals surface area contributed by atoms with Crippen LogP contribution in [0.3, 0.4) is 0 Å². The number of hydrogen-bond acceptors (Lipinski definition) is 5. The second-order valence-electron chi connectivity index (χ2n) is 6.57. The zero-order valence-electron chi connectivity index (χ0n) is 16.2. The van der Waals surface area contributed by atoms with Crippen LogP contribution in [-0.4, -0.2) is 49.4 Å². The van der Waals surface area contributed by atoms with Gasteiger partial charge in [0.05, 0.1) is 29.6 Å². The minimum atomic E-state index is -3.52. The first kappa shape index (κ1) is 21.7. The van der Waals surface area contributed by atoms with E-state index in [1.807, 2.05) is 6.07 Å². The number of aromatic nitrogens is 1. The molecule has 0 saturated carbocycles. The van der Waals surface area contributed by atoms with Crippen molar-refractivity contribution in [1.82, 2.24) is 20.1 Å². The minimum absolute atomic E-state index is 0.285. The average Bonchev–Trinajstić information content (AvgIpc) is 2.70. The molecule has 0 bridgehead atoms. The molecule has 2 N–H and O–H groups in total. The van der Waals surface area contributed by atoms with Crippen molar-refractivity contribution >= 4 is 44.3 Å². The monoisotopic (exact) mass is 446 g/mol. The van der Waals surface area contributed by atoms with E-state index >= 15 is 0 Å². The van der Waals surface area contributed by atoms with Crippen molar-refractivity contribution in [3.05, 3.63) is 65.2 Å². The second-order valence-corrected chi connectivity index (χ2v) is 9.07. The third kappa shape index (κ3) is 4.93. The van der Waals surface area contributed by atoms with Gasteiger partial charge < -0.3 is 0 Å². The van der Waals surface area contributed by atoms with Crippen LogP contribution < -0.4 is 10.9 Å². The zero-order chi connectivity index (χ0) is 21.9. The molecular weight excluding hydrogens is 428 g/mol. The molecule has 0 fully saturated rings. The van der Waals surface area contributed by atoms with Crippen LogP contribution in [-0.2, 0) is 14.8 Å². The van der Waals surface area contributed by atoms with E-state index in [0.29, 0.717) is 27.2 Å². The summed E-state index contributed by atoms with van der Waals surface area (Å²) < 4.78 is 23.7. The summed E-state index contributed by atoms with van der Waals surface area (Å²) in [6, 6.07) is 15.8. The standard InChI is InChI=1S/C20H19ClN4O4S/c1-25(30(2,28)29)12-19(26)23-24-20(27)15-11-18(14-8-3-5-9-16(14)21)22-17-10-6-4-7-13(15)17/h3-11H,12H2,1-2H3,(H,23,26)(H,24,27). The van der Waals surface area contributed by atoms with Crippen LogP contribution >= 0.6 is 11.6 Å². The minimum Gasteiger partial charge on any atom is -0.272 e. The number of sulfonamides is 1. The quantitative estimate of drug-likeness (QED) is 0.584. The van der Waals surface area contributed by atoms with Crippen molar-refractivity contribution < 1.29 is 18.0 Å². The summed E-state index contributed by atoms with van der Waals surface area (Å²) in [4.78, 5) is 29.4. The van der Waals surface area contributed by atoms with Crippen molar-refractivity contribution in [3.8, 4) is 11.3 Å². The number of likely N-dealkylation sites (N-methyl/N-ethyl adjacent to an activating group) is 1. The number of nitrogens with zero attached hydrogens (tertiary/aromatic N) is 2. The Labute approximate surface area is 178 Å². The van der Waals surface area contributed by atoms with Crippen molar-refractivity contribution in [3.63, 3.8) is 0 Å². The Morgan fingerprint density at radius 1 is 1.07 bits per heavy atom. The molecule has 1 aromatic heterocycles. The summed E-state index contributed by atoms with van der Waals surface area (Å²) in [6.07, 6.45) is 0.984. The van der Waals surface area contributed by atoms with Gasteiger partial charge >= 0.3 is 0 Å². The maximum atomic E-state index is 12.8. The lowest BCUT2D eigenvalue weighted by atomic mass is 10.0. The fourth-order valence-corrected chi connectivity index (χ4v) is 3.31. The number of benzene rings is 2. The molecule has 1 heterocycles. The molecule has 0 radical (unpaired) electrons. The highest BCUT2D eigenvalue weighted by Gasteiger charge is 2.18. The molecule has 30 heavy (non-hydrogen) atoms. The van der Waals surface area contributed by atoms with E-state index in [0.717, 1.165) is 10.6 Å². The van der Waals surface area contributed by atoms with Gasteiger partial charge in [0.15, 0.2) is 0 Å². The highest BCUT2D eigenvalue weighted by molar-refractivity contribution is 7.88. The highest BCUT2D eigenvalue weighted by Crippen LogP contribution is 2.29. The molecule has 0 unspecified atom stereocenters. The molecule has 10 heteroatoms. The van der Waals surface area contributed by atoms with E-state index in [1.165, 1.54) is 7.05 Å². The summed E-state index contributed by atoms with van der Waals surface area (Å²) in [5.41, 5.74) is 6.59. The first-order chi connectivity index (χ1) is 14.2. The molecule has 0 aliphatic heterocycles. The molecule has 0 spiro atoms. The topological polar surface area (TPSA) is 108 Å². The lowest BCUT2D eigenvalue weighted by Gasteiger charge is -2.15. The fraction of sp³-hybridized carbons (Fsp3) is 0.150. The van der Waals surface area contributed by atoms with E-state index in [4.69, 9.17) is 11.6 Å². The number of carbonyl (C=O) groups is 2. The van der Waals surface area contributed by atoms with Crippen LogP contribution in [0.2, 0.25) is 5.02 Å². The first-order valence-electron chi connectivity index (χ1n) is 8.82. The average molecular weight is 447 g/mol. The SMILES string of the molecule is CN(CC(=O)NNC(=O)c1cc(-c2ccccc2Cl)nc2ccccc12)S(C)(=O)=O. The van der Waals surface area contributed by atoms with Gasteiger partial charge in [-0.25, -0.2) is 13.4 Å². The number of amides is 2. The van der Waals surface area contributed by atoms with Gasteiger partial charge in [-0.1, -0.05) is 48.0 Å². The van der Waals surface area contributed by atoms with Crippen LogP contribution in [0.15, 0.2) is 54.6 Å². The number of fused-ring (bicyclic) bond motifs is 1. The summed E-state index contributed by atoms with van der Waals surface area (Å²) >= 11 is 6.28. The molecule has 0 aliphatic carbocycles. The van der Waals surface area contributed by atoms with Crippen LogP contribution in [0.5, 0.6) is 0 Å². The molecule has 0 saturated heterocycles. The third-order valence-corrected chi connectivity index (χ3v) is 5.95. The van der Waals surface area contributed by atoms with Crippen molar-refractivity contribution in [2.24, 2.45) is 0 Å². The van der Waals surface area contributed by atoms with Gasteiger partial charge in [0.2, 0.25) is 10.0 Å². The van der Waals surface area contributed by atoms with E-state index in [2.05, 4.69) is 15.8 Å². The second kappa shape index (κ2) is 8.78. The lowest BCUT2D eigenvalue weighted by molar-refractivity contribution is -0.121. The molecule has 156 valence electrons. The Bertz CT molecular complexity index is 1230. The van der Waals surface area contributed by atoms with Gasteiger partial charge in [0, 0.05) is 23.0 Å². The largest absolute Gasteiger partial charge is 0.272 e. The summed E-state index contributed by atoms with van der Waals surface area (Å²) in [5.74, 6) is -1.25. The van der Waals surface area contributed by atoms with Gasteiger partial charge in [-0.05, 0) is 18.2 Å². The number of hydrogen-bond donors (Lipinski definition) is 2. The van der Waals surface area contributed by atoms with Crippen molar-refractivity contribution in [2.45, 2.75) is 0 Å². The predicted molar refractivity (Wildman–Crippen MR) is 115 cm³/mol. The molecular formula is C20H19ClN4O4S.